The number of non-ortho nitro benzene ring substituents is 1. The van der Waals surface area contributed by atoms with Crippen molar-refractivity contribution < 1.29 is 9.31 Å². The van der Waals surface area contributed by atoms with E-state index >= 15 is 0 Å². The SMILES string of the molecule is N#C/C(=C\c1c(F)cccc1Cl)c1ccc([N+](=O)[O-])cc1. The van der Waals surface area contributed by atoms with Gasteiger partial charge in [-0.2, -0.15) is 5.26 Å². The van der Waals surface area contributed by atoms with Gasteiger partial charge in [0.15, 0.2) is 0 Å². The van der Waals surface area contributed by atoms with Gasteiger partial charge < -0.3 is 0 Å². The molecule has 0 aliphatic heterocycles. The van der Waals surface area contributed by atoms with E-state index in [0.29, 0.717) is 5.56 Å². The van der Waals surface area contributed by atoms with Gasteiger partial charge in [-0.1, -0.05) is 17.7 Å². The summed E-state index contributed by atoms with van der Waals surface area (Å²) in [5.41, 5.74) is 0.633. The predicted octanol–water partition coefficient (Wildman–Crippen LogP) is 4.45. The van der Waals surface area contributed by atoms with Crippen LogP contribution in [0.5, 0.6) is 0 Å². The van der Waals surface area contributed by atoms with E-state index in [2.05, 4.69) is 0 Å². The highest BCUT2D eigenvalue weighted by atomic mass is 35.5. The highest BCUT2D eigenvalue weighted by Gasteiger charge is 2.09. The van der Waals surface area contributed by atoms with Gasteiger partial charge >= 0.3 is 0 Å². The number of nitro benzene ring substituents is 1. The minimum Gasteiger partial charge on any atom is -0.258 e. The van der Waals surface area contributed by atoms with E-state index in [1.807, 2.05) is 6.07 Å². The summed E-state index contributed by atoms with van der Waals surface area (Å²) < 4.78 is 13.7. The van der Waals surface area contributed by atoms with E-state index in [9.17, 15) is 19.8 Å². The van der Waals surface area contributed by atoms with E-state index < -0.39 is 10.7 Å². The van der Waals surface area contributed by atoms with Gasteiger partial charge in [0.2, 0.25) is 0 Å². The second kappa shape index (κ2) is 6.16. The second-order valence-corrected chi connectivity index (χ2v) is 4.52. The van der Waals surface area contributed by atoms with Crippen LogP contribution in [0.2, 0.25) is 5.02 Å². The molecule has 0 atom stereocenters. The molecule has 0 unspecified atom stereocenters. The fraction of sp³-hybridized carbons (Fsp3) is 0. The summed E-state index contributed by atoms with van der Waals surface area (Å²) >= 11 is 5.90. The molecule has 6 heteroatoms. The topological polar surface area (TPSA) is 66.9 Å². The molecule has 2 aromatic rings. The average Bonchev–Trinajstić information content (AvgIpc) is 2.47. The number of halogens is 2. The molecule has 0 heterocycles. The van der Waals surface area contributed by atoms with Crippen molar-refractivity contribution in [1.29, 1.82) is 5.26 Å². The van der Waals surface area contributed by atoms with Gasteiger partial charge in [0.05, 0.1) is 21.6 Å². The molecule has 104 valence electrons. The first kappa shape index (κ1) is 14.7. The lowest BCUT2D eigenvalue weighted by molar-refractivity contribution is -0.384. The van der Waals surface area contributed by atoms with Crippen LogP contribution in [-0.4, -0.2) is 4.92 Å². The number of benzene rings is 2. The van der Waals surface area contributed by atoms with Crippen molar-refractivity contribution in [3.8, 4) is 6.07 Å². The van der Waals surface area contributed by atoms with Crippen LogP contribution < -0.4 is 0 Å². The van der Waals surface area contributed by atoms with Crippen LogP contribution in [0.3, 0.4) is 0 Å². The predicted molar refractivity (Wildman–Crippen MR) is 78.0 cm³/mol. The van der Waals surface area contributed by atoms with E-state index in [1.165, 1.54) is 48.5 Å². The van der Waals surface area contributed by atoms with Gasteiger partial charge in [0, 0.05) is 17.7 Å². The highest BCUT2D eigenvalue weighted by molar-refractivity contribution is 6.32. The summed E-state index contributed by atoms with van der Waals surface area (Å²) in [5, 5.41) is 20.0. The molecule has 4 nitrogen and oxygen atoms in total. The Labute approximate surface area is 124 Å². The molecule has 0 N–H and O–H groups in total. The molecule has 0 saturated carbocycles. The van der Waals surface area contributed by atoms with Crippen LogP contribution in [0.1, 0.15) is 11.1 Å². The van der Waals surface area contributed by atoms with Gasteiger partial charge in [-0.15, -0.1) is 0 Å². The Morgan fingerprint density at radius 2 is 1.95 bits per heavy atom. The van der Waals surface area contributed by atoms with Crippen LogP contribution >= 0.6 is 11.6 Å². The van der Waals surface area contributed by atoms with Crippen LogP contribution in [-0.2, 0) is 0 Å². The lowest BCUT2D eigenvalue weighted by atomic mass is 10.0. The van der Waals surface area contributed by atoms with Crippen molar-refractivity contribution in [3.63, 3.8) is 0 Å². The Morgan fingerprint density at radius 3 is 2.48 bits per heavy atom. The summed E-state index contributed by atoms with van der Waals surface area (Å²) in [5.74, 6) is -0.544. The Balaban J connectivity index is 2.47. The van der Waals surface area contributed by atoms with Crippen molar-refractivity contribution in [1.82, 2.24) is 0 Å². The number of nitriles is 1. The summed E-state index contributed by atoms with van der Waals surface area (Å²) in [4.78, 5) is 10.1. The number of hydrogen-bond acceptors (Lipinski definition) is 3. The van der Waals surface area contributed by atoms with Crippen LogP contribution in [0.15, 0.2) is 42.5 Å². The fourth-order valence-electron chi connectivity index (χ4n) is 1.74. The Kier molecular flexibility index (Phi) is 4.31. The van der Waals surface area contributed by atoms with Crippen molar-refractivity contribution in [2.45, 2.75) is 0 Å². The normalized spacial score (nSPS) is 11.0. The zero-order valence-corrected chi connectivity index (χ0v) is 11.3. The molecular weight excluding hydrogens is 295 g/mol. The average molecular weight is 303 g/mol. The van der Waals surface area contributed by atoms with E-state index in [1.54, 1.807) is 0 Å². The molecule has 0 spiro atoms. The standard InChI is InChI=1S/C15H8ClFN2O2/c16-14-2-1-3-15(17)13(14)8-11(9-18)10-4-6-12(7-5-10)19(20)21/h1-8H/b11-8+. The summed E-state index contributed by atoms with van der Waals surface area (Å²) in [6.45, 7) is 0. The van der Waals surface area contributed by atoms with Gasteiger partial charge in [-0.25, -0.2) is 4.39 Å². The molecule has 0 saturated heterocycles. The third-order valence-electron chi connectivity index (χ3n) is 2.80. The summed E-state index contributed by atoms with van der Waals surface area (Å²) in [6, 6.07) is 11.6. The molecule has 2 rings (SSSR count). The molecule has 0 aromatic heterocycles. The largest absolute Gasteiger partial charge is 0.269 e. The summed E-state index contributed by atoms with van der Waals surface area (Å²) in [6.07, 6.45) is 1.32. The molecular formula is C15H8ClFN2O2. The minimum atomic E-state index is -0.544. The molecule has 0 aliphatic rings. The lowest BCUT2D eigenvalue weighted by Gasteiger charge is -2.03. The van der Waals surface area contributed by atoms with Crippen LogP contribution in [0, 0.1) is 27.3 Å². The van der Waals surface area contributed by atoms with Crippen LogP contribution in [0.4, 0.5) is 10.1 Å². The first-order valence-corrected chi connectivity index (χ1v) is 6.21. The maximum atomic E-state index is 13.7. The van der Waals surface area contributed by atoms with E-state index in [-0.39, 0.29) is 21.8 Å². The Hall–Kier alpha value is -2.71. The van der Waals surface area contributed by atoms with Gasteiger partial charge in [-0.3, -0.25) is 10.1 Å². The van der Waals surface area contributed by atoms with Crippen molar-refractivity contribution in [3.05, 3.63) is 74.5 Å². The molecule has 0 radical (unpaired) electrons. The molecule has 21 heavy (non-hydrogen) atoms. The Morgan fingerprint density at radius 1 is 1.29 bits per heavy atom. The first-order valence-electron chi connectivity index (χ1n) is 5.83. The molecule has 0 bridgehead atoms. The third-order valence-corrected chi connectivity index (χ3v) is 3.13. The zero-order valence-electron chi connectivity index (χ0n) is 10.6. The summed E-state index contributed by atoms with van der Waals surface area (Å²) in [7, 11) is 0. The molecule has 2 aromatic carbocycles. The van der Waals surface area contributed by atoms with Crippen molar-refractivity contribution in [2.75, 3.05) is 0 Å². The first-order chi connectivity index (χ1) is 10.0. The third kappa shape index (κ3) is 3.25. The van der Waals surface area contributed by atoms with E-state index in [4.69, 9.17) is 11.6 Å². The van der Waals surface area contributed by atoms with Crippen LogP contribution in [0.25, 0.3) is 11.6 Å². The zero-order chi connectivity index (χ0) is 15.4. The monoisotopic (exact) mass is 302 g/mol. The van der Waals surface area contributed by atoms with Gasteiger partial charge in [-0.05, 0) is 35.9 Å². The molecule has 0 amide bonds. The number of hydrogen-bond donors (Lipinski definition) is 0. The minimum absolute atomic E-state index is 0.0834. The molecule has 0 fully saturated rings. The highest BCUT2D eigenvalue weighted by Crippen LogP contribution is 2.26. The maximum Gasteiger partial charge on any atom is 0.269 e. The Bertz CT molecular complexity index is 744. The van der Waals surface area contributed by atoms with Crippen molar-refractivity contribution >= 4 is 28.9 Å². The maximum absolute atomic E-state index is 13.7. The molecule has 0 aliphatic carbocycles. The lowest BCUT2D eigenvalue weighted by Crippen LogP contribution is -1.89. The van der Waals surface area contributed by atoms with E-state index in [0.717, 1.165) is 0 Å². The van der Waals surface area contributed by atoms with Crippen molar-refractivity contribution in [2.24, 2.45) is 0 Å². The smallest absolute Gasteiger partial charge is 0.258 e. The van der Waals surface area contributed by atoms with Gasteiger partial charge in [0.1, 0.15) is 5.82 Å². The number of nitro groups is 1. The number of nitrogens with zero attached hydrogens (tertiary/aromatic N) is 2. The number of allylic oxidation sites excluding steroid dienone is 1. The number of rotatable bonds is 3. The fourth-order valence-corrected chi connectivity index (χ4v) is 1.95. The second-order valence-electron chi connectivity index (χ2n) is 4.11. The quantitative estimate of drug-likeness (QED) is 0.364. The van der Waals surface area contributed by atoms with Gasteiger partial charge in [0.25, 0.3) is 5.69 Å².